The summed E-state index contributed by atoms with van der Waals surface area (Å²) in [5, 5.41) is 24.8. The van der Waals surface area contributed by atoms with Crippen LogP contribution < -0.4 is 14.2 Å². The minimum Gasteiger partial charge on any atom is -0.449 e. The molecule has 0 unspecified atom stereocenters. The summed E-state index contributed by atoms with van der Waals surface area (Å²) in [6.45, 7) is 0. The third-order valence-corrected chi connectivity index (χ3v) is 1.11. The van der Waals surface area contributed by atoms with E-state index >= 15 is 0 Å². The number of carboxylic acid groups (broad SMARTS) is 3. The van der Waals surface area contributed by atoms with Crippen molar-refractivity contribution in [1.82, 2.24) is 15.0 Å². The van der Waals surface area contributed by atoms with Crippen molar-refractivity contribution in [3.8, 4) is 18.0 Å². The lowest BCUT2D eigenvalue weighted by Crippen LogP contribution is -2.13. The number of rotatable bonds is 3. The SMILES string of the molecule is O=C(O)Oc1nc(OC(=O)O)nc(OC(=O)O)n1. The first-order valence-electron chi connectivity index (χ1n) is 3.85. The highest BCUT2D eigenvalue weighted by Crippen LogP contribution is 2.15. The molecule has 12 heteroatoms. The van der Waals surface area contributed by atoms with Crippen LogP contribution in [0.4, 0.5) is 14.4 Å². The van der Waals surface area contributed by atoms with Gasteiger partial charge in [0.2, 0.25) is 0 Å². The number of aromatic nitrogens is 3. The van der Waals surface area contributed by atoms with Crippen molar-refractivity contribution in [3.63, 3.8) is 0 Å². The van der Waals surface area contributed by atoms with Gasteiger partial charge >= 0.3 is 36.5 Å². The molecule has 1 heterocycles. The summed E-state index contributed by atoms with van der Waals surface area (Å²) >= 11 is 0. The molecule has 0 amide bonds. The lowest BCUT2D eigenvalue weighted by Gasteiger charge is -2.02. The second kappa shape index (κ2) is 5.24. The Morgan fingerprint density at radius 3 is 1.06 bits per heavy atom. The van der Waals surface area contributed by atoms with Gasteiger partial charge in [0.05, 0.1) is 0 Å². The van der Waals surface area contributed by atoms with Crippen LogP contribution in [0, 0.1) is 0 Å². The first kappa shape index (κ1) is 12.9. The average Bonchev–Trinajstić information content (AvgIpc) is 2.12. The Kier molecular flexibility index (Phi) is 3.75. The van der Waals surface area contributed by atoms with Crippen molar-refractivity contribution in [2.45, 2.75) is 0 Å². The van der Waals surface area contributed by atoms with Crippen LogP contribution in [0.25, 0.3) is 0 Å². The van der Waals surface area contributed by atoms with E-state index in [-0.39, 0.29) is 0 Å². The Hall–Kier alpha value is -3.18. The fourth-order valence-electron chi connectivity index (χ4n) is 0.692. The van der Waals surface area contributed by atoms with E-state index in [0.29, 0.717) is 0 Å². The summed E-state index contributed by atoms with van der Waals surface area (Å²) in [5.41, 5.74) is 0. The monoisotopic (exact) mass is 261 g/mol. The van der Waals surface area contributed by atoms with Gasteiger partial charge in [0.1, 0.15) is 0 Å². The Morgan fingerprint density at radius 2 is 0.889 bits per heavy atom. The number of hydrogen-bond acceptors (Lipinski definition) is 9. The summed E-state index contributed by atoms with van der Waals surface area (Å²) in [6, 6.07) is -2.74. The van der Waals surface area contributed by atoms with Crippen LogP contribution in [0.5, 0.6) is 18.0 Å². The van der Waals surface area contributed by atoms with E-state index in [1.807, 2.05) is 0 Å². The summed E-state index contributed by atoms with van der Waals surface area (Å²) in [4.78, 5) is 40.0. The Bertz CT molecular complexity index is 417. The lowest BCUT2D eigenvalue weighted by atomic mass is 10.9. The minimum atomic E-state index is -1.82. The Labute approximate surface area is 96.4 Å². The fraction of sp³-hybridized carbons (Fsp3) is 0. The molecule has 1 aromatic rings. The average molecular weight is 261 g/mol. The van der Waals surface area contributed by atoms with Gasteiger partial charge in [-0.3, -0.25) is 0 Å². The van der Waals surface area contributed by atoms with Gasteiger partial charge in [0.25, 0.3) is 0 Å². The molecule has 0 aliphatic heterocycles. The molecule has 96 valence electrons. The molecule has 0 aliphatic carbocycles. The predicted octanol–water partition coefficient (Wildman–Crippen LogP) is 0.0420. The molecule has 0 atom stereocenters. The topological polar surface area (TPSA) is 178 Å². The third kappa shape index (κ3) is 4.13. The van der Waals surface area contributed by atoms with Crippen molar-refractivity contribution < 1.29 is 43.9 Å². The molecule has 0 radical (unpaired) electrons. The first-order chi connectivity index (χ1) is 8.36. The number of carbonyl (C=O) groups is 3. The number of ether oxygens (including phenoxy) is 3. The highest BCUT2D eigenvalue weighted by Gasteiger charge is 2.16. The smallest absolute Gasteiger partial charge is 0.449 e. The van der Waals surface area contributed by atoms with E-state index in [2.05, 4.69) is 29.2 Å². The normalized spacial score (nSPS) is 9.33. The van der Waals surface area contributed by atoms with E-state index in [9.17, 15) is 14.4 Å². The molecule has 0 saturated carbocycles. The van der Waals surface area contributed by atoms with Gasteiger partial charge < -0.3 is 29.5 Å². The highest BCUT2D eigenvalue weighted by molar-refractivity contribution is 5.61. The van der Waals surface area contributed by atoms with Gasteiger partial charge in [-0.1, -0.05) is 0 Å². The van der Waals surface area contributed by atoms with Crippen LogP contribution in [0.1, 0.15) is 0 Å². The van der Waals surface area contributed by atoms with Crippen LogP contribution >= 0.6 is 0 Å². The molecular formula is C6H3N3O9. The van der Waals surface area contributed by atoms with Gasteiger partial charge in [0.15, 0.2) is 0 Å². The van der Waals surface area contributed by atoms with Gasteiger partial charge in [-0.25, -0.2) is 14.4 Å². The maximum absolute atomic E-state index is 10.2. The summed E-state index contributed by atoms with van der Waals surface area (Å²) in [5.74, 6) is 0. The highest BCUT2D eigenvalue weighted by atomic mass is 16.7. The van der Waals surface area contributed by atoms with Gasteiger partial charge in [-0.15, -0.1) is 15.0 Å². The molecule has 1 aromatic heterocycles. The van der Waals surface area contributed by atoms with Crippen LogP contribution in [-0.4, -0.2) is 48.7 Å². The maximum atomic E-state index is 10.2. The van der Waals surface area contributed by atoms with Gasteiger partial charge in [-0.05, 0) is 0 Å². The molecule has 0 saturated heterocycles. The molecule has 0 bridgehead atoms. The van der Waals surface area contributed by atoms with Crippen molar-refractivity contribution in [2.75, 3.05) is 0 Å². The molecule has 0 spiro atoms. The predicted molar refractivity (Wildman–Crippen MR) is 45.8 cm³/mol. The van der Waals surface area contributed by atoms with Gasteiger partial charge in [0, 0.05) is 0 Å². The molecule has 0 aromatic carbocycles. The number of hydrogen-bond donors (Lipinski definition) is 3. The molecule has 1 rings (SSSR count). The number of nitrogens with zero attached hydrogens (tertiary/aromatic N) is 3. The molecule has 3 N–H and O–H groups in total. The largest absolute Gasteiger partial charge is 0.513 e. The second-order valence-corrected chi connectivity index (χ2v) is 2.29. The summed E-state index contributed by atoms with van der Waals surface area (Å²) in [7, 11) is 0. The lowest BCUT2D eigenvalue weighted by molar-refractivity contribution is 0.131. The van der Waals surface area contributed by atoms with Crippen molar-refractivity contribution in [2.24, 2.45) is 0 Å². The van der Waals surface area contributed by atoms with E-state index in [1.165, 1.54) is 0 Å². The Balaban J connectivity index is 3.06. The third-order valence-electron chi connectivity index (χ3n) is 1.11. The van der Waals surface area contributed by atoms with E-state index in [1.54, 1.807) is 0 Å². The minimum absolute atomic E-state index is 0.912. The molecule has 0 fully saturated rings. The van der Waals surface area contributed by atoms with Crippen molar-refractivity contribution >= 4 is 18.5 Å². The zero-order chi connectivity index (χ0) is 13.7. The molecular weight excluding hydrogens is 258 g/mol. The van der Waals surface area contributed by atoms with Crippen LogP contribution in [0.15, 0.2) is 0 Å². The van der Waals surface area contributed by atoms with Gasteiger partial charge in [-0.2, -0.15) is 0 Å². The van der Waals surface area contributed by atoms with E-state index in [4.69, 9.17) is 15.3 Å². The Morgan fingerprint density at radius 1 is 0.667 bits per heavy atom. The quantitative estimate of drug-likeness (QED) is 0.622. The van der Waals surface area contributed by atoms with Crippen LogP contribution in [0.2, 0.25) is 0 Å². The first-order valence-corrected chi connectivity index (χ1v) is 3.85. The van der Waals surface area contributed by atoms with Crippen LogP contribution in [-0.2, 0) is 0 Å². The summed E-state index contributed by atoms with van der Waals surface area (Å²) in [6.07, 6.45) is -5.45. The van der Waals surface area contributed by atoms with Crippen LogP contribution in [0.3, 0.4) is 0 Å². The maximum Gasteiger partial charge on any atom is 0.513 e. The van der Waals surface area contributed by atoms with Crippen molar-refractivity contribution in [1.29, 1.82) is 0 Å². The van der Waals surface area contributed by atoms with E-state index in [0.717, 1.165) is 0 Å². The second-order valence-electron chi connectivity index (χ2n) is 2.29. The zero-order valence-corrected chi connectivity index (χ0v) is 8.13. The van der Waals surface area contributed by atoms with E-state index < -0.39 is 36.5 Å². The molecule has 12 nitrogen and oxygen atoms in total. The van der Waals surface area contributed by atoms with Crippen molar-refractivity contribution in [3.05, 3.63) is 0 Å². The standard InChI is InChI=1S/C6H3N3O9/c10-4(11)16-1-7-2(17-5(12)13)9-3(8-1)18-6(14)15/h(H,10,11)(H,12,13)(H,14,15). The molecule has 18 heavy (non-hydrogen) atoms. The summed E-state index contributed by atoms with van der Waals surface area (Å²) < 4.78 is 11.9. The zero-order valence-electron chi connectivity index (χ0n) is 8.13. The molecule has 0 aliphatic rings. The fourth-order valence-corrected chi connectivity index (χ4v) is 0.692.